The molecule has 2 rings (SSSR count). The molecule has 1 heterocycles. The lowest BCUT2D eigenvalue weighted by Gasteiger charge is -2.25. The van der Waals surface area contributed by atoms with Gasteiger partial charge in [0.05, 0.1) is 18.8 Å². The maximum absolute atomic E-state index is 13.4. The van der Waals surface area contributed by atoms with Gasteiger partial charge >= 0.3 is 11.9 Å². The van der Waals surface area contributed by atoms with Crippen LogP contribution in [0.4, 0.5) is 0 Å². The third-order valence-electron chi connectivity index (χ3n) is 5.65. The number of carboxylic acid groups (broad SMARTS) is 2. The monoisotopic (exact) mass is 561 g/mol. The molecule has 0 fully saturated rings. The molecule has 16 heteroatoms. The maximum atomic E-state index is 13.4. The first kappa shape index (κ1) is 31.2. The topological polar surface area (TPSA) is 280 Å². The number of aromatic nitrogens is 2. The van der Waals surface area contributed by atoms with Crippen LogP contribution in [0.2, 0.25) is 0 Å². The second-order valence-electron chi connectivity index (χ2n) is 8.88. The molecule has 0 radical (unpaired) electrons. The molecule has 2 aromatic rings. The van der Waals surface area contributed by atoms with Gasteiger partial charge < -0.3 is 47.7 Å². The highest BCUT2D eigenvalue weighted by atomic mass is 16.4. The van der Waals surface area contributed by atoms with Crippen molar-refractivity contribution >= 4 is 35.6 Å². The number of carboxylic acids is 2. The zero-order valence-electron chi connectivity index (χ0n) is 21.2. The molecular weight excluding hydrogens is 530 g/mol. The fourth-order valence-corrected chi connectivity index (χ4v) is 3.54. The van der Waals surface area contributed by atoms with Crippen LogP contribution in [0, 0.1) is 0 Å². The smallest absolute Gasteiger partial charge is 0.326 e. The summed E-state index contributed by atoms with van der Waals surface area (Å²) < 4.78 is 0. The quantitative estimate of drug-likeness (QED) is 0.103. The van der Waals surface area contributed by atoms with Gasteiger partial charge in [0, 0.05) is 31.2 Å². The third-order valence-corrected chi connectivity index (χ3v) is 5.65. The van der Waals surface area contributed by atoms with Crippen molar-refractivity contribution in [1.29, 1.82) is 0 Å². The normalized spacial score (nSPS) is 13.7. The minimum absolute atomic E-state index is 0.0373. The van der Waals surface area contributed by atoms with Gasteiger partial charge in [0.15, 0.2) is 0 Å². The molecule has 0 aliphatic rings. The number of nitrogens with one attached hydrogen (secondary N) is 4. The van der Waals surface area contributed by atoms with E-state index < -0.39 is 66.2 Å². The predicted octanol–water partition coefficient (Wildman–Crippen LogP) is -2.49. The Morgan fingerprint density at radius 3 is 1.98 bits per heavy atom. The number of phenols is 1. The van der Waals surface area contributed by atoms with E-state index in [1.807, 2.05) is 0 Å². The van der Waals surface area contributed by atoms with Crippen molar-refractivity contribution in [2.24, 2.45) is 11.5 Å². The van der Waals surface area contributed by atoms with E-state index in [-0.39, 0.29) is 31.4 Å². The van der Waals surface area contributed by atoms with Crippen LogP contribution in [-0.2, 0) is 41.6 Å². The zero-order chi connectivity index (χ0) is 29.8. The first-order chi connectivity index (χ1) is 18.8. The van der Waals surface area contributed by atoms with Crippen LogP contribution >= 0.6 is 0 Å². The number of aliphatic carboxylic acids is 2. The van der Waals surface area contributed by atoms with Crippen molar-refractivity contribution in [3.05, 3.63) is 48.0 Å². The van der Waals surface area contributed by atoms with Crippen LogP contribution in [0.25, 0.3) is 0 Å². The molecule has 1 aromatic heterocycles. The van der Waals surface area contributed by atoms with E-state index in [4.69, 9.17) is 16.6 Å². The van der Waals surface area contributed by atoms with Crippen molar-refractivity contribution in [1.82, 2.24) is 25.9 Å². The van der Waals surface area contributed by atoms with Gasteiger partial charge in [-0.05, 0) is 24.1 Å². The van der Waals surface area contributed by atoms with E-state index in [0.29, 0.717) is 11.3 Å². The summed E-state index contributed by atoms with van der Waals surface area (Å²) in [5.41, 5.74) is 11.8. The summed E-state index contributed by atoms with van der Waals surface area (Å²) in [5.74, 6) is -6.32. The summed E-state index contributed by atoms with van der Waals surface area (Å²) >= 11 is 0. The zero-order valence-corrected chi connectivity index (χ0v) is 21.2. The molecule has 0 aliphatic heterocycles. The number of primary amides is 1. The Labute approximate surface area is 227 Å². The fourth-order valence-electron chi connectivity index (χ4n) is 3.54. The second kappa shape index (κ2) is 14.8. The number of hydrogen-bond donors (Lipinski definition) is 9. The van der Waals surface area contributed by atoms with Gasteiger partial charge in [-0.3, -0.25) is 24.0 Å². The number of H-pyrrole nitrogens is 1. The lowest BCUT2D eigenvalue weighted by Crippen LogP contribution is -2.58. The molecule has 4 unspecified atom stereocenters. The Hall–Kier alpha value is -4.99. The predicted molar refractivity (Wildman–Crippen MR) is 136 cm³/mol. The lowest BCUT2D eigenvalue weighted by molar-refractivity contribution is -0.143. The van der Waals surface area contributed by atoms with E-state index in [9.17, 15) is 39.0 Å². The number of carbonyl (C=O) groups is 6. The van der Waals surface area contributed by atoms with Gasteiger partial charge in [0.2, 0.25) is 23.6 Å². The fraction of sp³-hybridized carbons (Fsp3) is 0.375. The van der Waals surface area contributed by atoms with Crippen LogP contribution < -0.4 is 27.4 Å². The summed E-state index contributed by atoms with van der Waals surface area (Å²) in [5, 5.41) is 34.9. The first-order valence-corrected chi connectivity index (χ1v) is 12.0. The third kappa shape index (κ3) is 10.4. The van der Waals surface area contributed by atoms with Crippen LogP contribution in [0.3, 0.4) is 0 Å². The minimum Gasteiger partial charge on any atom is -0.508 e. The molecule has 216 valence electrons. The number of aromatic amines is 1. The number of carbonyl (C=O) groups excluding carboxylic acids is 4. The molecule has 0 aliphatic carbocycles. The number of phenolic OH excluding ortho intramolecular Hbond substituents is 1. The Kier molecular flexibility index (Phi) is 11.6. The molecule has 1 aromatic carbocycles. The number of aromatic hydroxyl groups is 1. The highest BCUT2D eigenvalue weighted by Gasteiger charge is 2.31. The van der Waals surface area contributed by atoms with E-state index in [1.165, 1.54) is 36.8 Å². The number of nitrogens with two attached hydrogens (primary N) is 2. The number of benzene rings is 1. The van der Waals surface area contributed by atoms with Crippen molar-refractivity contribution in [2.45, 2.75) is 56.3 Å². The molecule has 0 saturated carbocycles. The summed E-state index contributed by atoms with van der Waals surface area (Å²) in [6.07, 6.45) is 1.15. The van der Waals surface area contributed by atoms with Crippen molar-refractivity contribution < 1.29 is 44.1 Å². The van der Waals surface area contributed by atoms with Crippen LogP contribution in [0.5, 0.6) is 5.75 Å². The summed E-state index contributed by atoms with van der Waals surface area (Å²) in [4.78, 5) is 79.3. The minimum atomic E-state index is -1.66. The standard InChI is InChI=1S/C24H31N7O9/c25-15(5-6-20(34)35)21(36)29-16(7-12-1-3-14(32)4-2-12)22(37)30-17(8-13-10-27-11-28-13)23(38)31-18(24(39)40)9-19(26)33/h1-4,10-11,15-18,32H,5-9,25H2,(H2,26,33)(H,27,28)(H,29,36)(H,30,37)(H,31,38)(H,34,35)(H,39,40). The number of imidazole rings is 1. The second-order valence-corrected chi connectivity index (χ2v) is 8.88. The average Bonchev–Trinajstić information content (AvgIpc) is 3.40. The van der Waals surface area contributed by atoms with E-state index in [1.54, 1.807) is 0 Å². The molecule has 11 N–H and O–H groups in total. The van der Waals surface area contributed by atoms with Crippen molar-refractivity contribution in [2.75, 3.05) is 0 Å². The molecule has 16 nitrogen and oxygen atoms in total. The van der Waals surface area contributed by atoms with Crippen LogP contribution in [-0.4, -0.2) is 85.0 Å². The molecule has 0 spiro atoms. The van der Waals surface area contributed by atoms with Gasteiger partial charge in [-0.25, -0.2) is 9.78 Å². The van der Waals surface area contributed by atoms with Gasteiger partial charge in [-0.1, -0.05) is 12.1 Å². The lowest BCUT2D eigenvalue weighted by atomic mass is 10.0. The number of nitrogens with zero attached hydrogens (tertiary/aromatic N) is 1. The van der Waals surface area contributed by atoms with Gasteiger partial charge in [-0.2, -0.15) is 0 Å². The molecule has 4 atom stereocenters. The Morgan fingerprint density at radius 2 is 1.45 bits per heavy atom. The molecule has 0 saturated heterocycles. The Bertz CT molecular complexity index is 1200. The van der Waals surface area contributed by atoms with Crippen LogP contribution in [0.15, 0.2) is 36.8 Å². The summed E-state index contributed by atoms with van der Waals surface area (Å²) in [6, 6.07) is 0.123. The number of rotatable bonds is 16. The molecular formula is C24H31N7O9. The number of amides is 4. The Morgan fingerprint density at radius 1 is 0.875 bits per heavy atom. The Balaban J connectivity index is 2.28. The van der Waals surface area contributed by atoms with Crippen LogP contribution in [0.1, 0.15) is 30.5 Å². The van der Waals surface area contributed by atoms with Gasteiger partial charge in [0.25, 0.3) is 0 Å². The van der Waals surface area contributed by atoms with E-state index >= 15 is 0 Å². The molecule has 4 amide bonds. The van der Waals surface area contributed by atoms with E-state index in [2.05, 4.69) is 25.9 Å². The average molecular weight is 562 g/mol. The highest BCUT2D eigenvalue weighted by molar-refractivity contribution is 5.95. The molecule has 0 bridgehead atoms. The van der Waals surface area contributed by atoms with E-state index in [0.717, 1.165) is 0 Å². The van der Waals surface area contributed by atoms with Gasteiger partial charge in [0.1, 0.15) is 23.9 Å². The highest BCUT2D eigenvalue weighted by Crippen LogP contribution is 2.12. The molecule has 40 heavy (non-hydrogen) atoms. The maximum Gasteiger partial charge on any atom is 0.326 e. The van der Waals surface area contributed by atoms with Crippen molar-refractivity contribution in [3.63, 3.8) is 0 Å². The SMILES string of the molecule is NC(=O)CC(NC(=O)C(Cc1cnc[nH]1)NC(=O)C(Cc1ccc(O)cc1)NC(=O)C(N)CCC(=O)O)C(=O)O. The first-order valence-electron chi connectivity index (χ1n) is 12.0. The summed E-state index contributed by atoms with van der Waals surface area (Å²) in [6.45, 7) is 0. The van der Waals surface area contributed by atoms with Crippen molar-refractivity contribution in [3.8, 4) is 5.75 Å². The number of hydrogen-bond acceptors (Lipinski definition) is 9. The summed E-state index contributed by atoms with van der Waals surface area (Å²) in [7, 11) is 0. The largest absolute Gasteiger partial charge is 0.508 e. The van der Waals surface area contributed by atoms with Gasteiger partial charge in [-0.15, -0.1) is 0 Å².